The predicted molar refractivity (Wildman–Crippen MR) is 66.7 cm³/mol. The van der Waals surface area contributed by atoms with Crippen molar-refractivity contribution in [3.63, 3.8) is 0 Å². The first-order chi connectivity index (χ1) is 8.38. The van der Waals surface area contributed by atoms with Gasteiger partial charge in [0.25, 0.3) is 0 Å². The molecule has 1 heterocycles. The van der Waals surface area contributed by atoms with Gasteiger partial charge in [-0.2, -0.15) is 5.10 Å². The Labute approximate surface area is 101 Å². The number of benzene rings is 1. The zero-order chi connectivity index (χ0) is 11.9. The molecule has 2 aromatic rings. The Bertz CT molecular complexity index is 440. The Hall–Kier alpha value is -1.81. The van der Waals surface area contributed by atoms with Crippen molar-refractivity contribution in [2.45, 2.75) is 19.5 Å². The third-order valence-electron chi connectivity index (χ3n) is 2.49. The Morgan fingerprint density at radius 2 is 2.24 bits per heavy atom. The molecule has 0 spiro atoms. The van der Waals surface area contributed by atoms with Crippen LogP contribution in [-0.4, -0.2) is 16.4 Å². The molecule has 0 amide bonds. The van der Waals surface area contributed by atoms with E-state index < -0.39 is 0 Å². The average Bonchev–Trinajstić information content (AvgIpc) is 2.88. The van der Waals surface area contributed by atoms with Gasteiger partial charge in [0, 0.05) is 31.9 Å². The minimum atomic E-state index is 0.546. The van der Waals surface area contributed by atoms with Crippen molar-refractivity contribution in [2.24, 2.45) is 5.73 Å². The number of ether oxygens (including phenoxy) is 1. The Balaban J connectivity index is 1.74. The van der Waals surface area contributed by atoms with E-state index in [4.69, 9.17) is 10.5 Å². The SMILES string of the molecule is NCc1cccc(OCCCn2cccn2)c1. The second-order valence-corrected chi connectivity index (χ2v) is 3.82. The molecule has 0 fully saturated rings. The van der Waals surface area contributed by atoms with Crippen LogP contribution >= 0.6 is 0 Å². The van der Waals surface area contributed by atoms with E-state index in [0.29, 0.717) is 13.2 Å². The number of aryl methyl sites for hydroxylation is 1. The highest BCUT2D eigenvalue weighted by Crippen LogP contribution is 2.13. The summed E-state index contributed by atoms with van der Waals surface area (Å²) in [5.41, 5.74) is 6.66. The van der Waals surface area contributed by atoms with Crippen LogP contribution in [0.5, 0.6) is 5.75 Å². The number of aromatic nitrogens is 2. The van der Waals surface area contributed by atoms with E-state index in [1.165, 1.54) is 0 Å². The zero-order valence-corrected chi connectivity index (χ0v) is 9.75. The molecule has 0 unspecified atom stereocenters. The second-order valence-electron chi connectivity index (χ2n) is 3.82. The van der Waals surface area contributed by atoms with Crippen molar-refractivity contribution in [1.82, 2.24) is 9.78 Å². The molecule has 1 aromatic heterocycles. The summed E-state index contributed by atoms with van der Waals surface area (Å²) in [6.45, 7) is 2.11. The summed E-state index contributed by atoms with van der Waals surface area (Å²) in [6.07, 6.45) is 4.68. The van der Waals surface area contributed by atoms with Gasteiger partial charge in [0.05, 0.1) is 6.61 Å². The second kappa shape index (κ2) is 6.06. The summed E-state index contributed by atoms with van der Waals surface area (Å²) < 4.78 is 7.55. The van der Waals surface area contributed by atoms with Gasteiger partial charge in [0.1, 0.15) is 5.75 Å². The molecule has 2 rings (SSSR count). The molecule has 0 radical (unpaired) electrons. The molecule has 17 heavy (non-hydrogen) atoms. The first-order valence-electron chi connectivity index (χ1n) is 5.78. The summed E-state index contributed by atoms with van der Waals surface area (Å²) in [5.74, 6) is 0.883. The molecule has 90 valence electrons. The topological polar surface area (TPSA) is 53.1 Å². The molecule has 1 aromatic carbocycles. The zero-order valence-electron chi connectivity index (χ0n) is 9.75. The quantitative estimate of drug-likeness (QED) is 0.771. The van der Waals surface area contributed by atoms with E-state index in [-0.39, 0.29) is 0 Å². The van der Waals surface area contributed by atoms with E-state index in [1.54, 1.807) is 6.20 Å². The monoisotopic (exact) mass is 231 g/mol. The summed E-state index contributed by atoms with van der Waals surface area (Å²) in [4.78, 5) is 0. The van der Waals surface area contributed by atoms with Gasteiger partial charge < -0.3 is 10.5 Å². The Morgan fingerprint density at radius 1 is 1.29 bits per heavy atom. The van der Waals surface area contributed by atoms with Crippen molar-refractivity contribution >= 4 is 0 Å². The van der Waals surface area contributed by atoms with Crippen molar-refractivity contribution in [1.29, 1.82) is 0 Å². The van der Waals surface area contributed by atoms with E-state index in [2.05, 4.69) is 5.10 Å². The lowest BCUT2D eigenvalue weighted by molar-refractivity contribution is 0.298. The van der Waals surface area contributed by atoms with Crippen molar-refractivity contribution in [2.75, 3.05) is 6.61 Å². The van der Waals surface area contributed by atoms with Crippen molar-refractivity contribution in [3.05, 3.63) is 48.3 Å². The molecule has 4 nitrogen and oxygen atoms in total. The van der Waals surface area contributed by atoms with E-state index >= 15 is 0 Å². The maximum Gasteiger partial charge on any atom is 0.119 e. The standard InChI is InChI=1S/C13H17N3O/c14-11-12-4-1-5-13(10-12)17-9-3-8-16-7-2-6-15-16/h1-2,4-7,10H,3,8-9,11,14H2. The molecule has 0 aliphatic rings. The molecular formula is C13H17N3O. The lowest BCUT2D eigenvalue weighted by Gasteiger charge is -2.07. The minimum Gasteiger partial charge on any atom is -0.494 e. The van der Waals surface area contributed by atoms with Gasteiger partial charge in [-0.05, 0) is 23.8 Å². The number of nitrogens with zero attached hydrogens (tertiary/aromatic N) is 2. The third-order valence-corrected chi connectivity index (χ3v) is 2.49. The lowest BCUT2D eigenvalue weighted by atomic mass is 10.2. The van der Waals surface area contributed by atoms with Crippen LogP contribution in [-0.2, 0) is 13.1 Å². The number of nitrogens with two attached hydrogens (primary N) is 1. The van der Waals surface area contributed by atoms with Crippen LogP contribution in [0.25, 0.3) is 0 Å². The summed E-state index contributed by atoms with van der Waals surface area (Å²) in [6, 6.07) is 9.81. The van der Waals surface area contributed by atoms with Gasteiger partial charge in [-0.1, -0.05) is 12.1 Å². The largest absolute Gasteiger partial charge is 0.494 e. The molecule has 0 aliphatic heterocycles. The summed E-state index contributed by atoms with van der Waals surface area (Å²) >= 11 is 0. The van der Waals surface area contributed by atoms with Crippen LogP contribution in [0.2, 0.25) is 0 Å². The highest BCUT2D eigenvalue weighted by Gasteiger charge is 1.96. The third kappa shape index (κ3) is 3.60. The molecule has 0 saturated heterocycles. The van der Waals surface area contributed by atoms with Crippen LogP contribution in [0.1, 0.15) is 12.0 Å². The van der Waals surface area contributed by atoms with Crippen LogP contribution < -0.4 is 10.5 Å². The maximum atomic E-state index is 5.65. The van der Waals surface area contributed by atoms with Gasteiger partial charge in [0.2, 0.25) is 0 Å². The highest BCUT2D eigenvalue weighted by molar-refractivity contribution is 5.28. The molecule has 0 atom stereocenters. The van der Waals surface area contributed by atoms with E-state index in [0.717, 1.165) is 24.3 Å². The molecule has 0 saturated carbocycles. The molecule has 0 aliphatic carbocycles. The minimum absolute atomic E-state index is 0.546. The molecule has 4 heteroatoms. The van der Waals surface area contributed by atoms with Gasteiger partial charge in [-0.15, -0.1) is 0 Å². The van der Waals surface area contributed by atoms with Gasteiger partial charge in [0.15, 0.2) is 0 Å². The fourth-order valence-electron chi connectivity index (χ4n) is 1.61. The van der Waals surface area contributed by atoms with Crippen molar-refractivity contribution < 1.29 is 4.74 Å². The van der Waals surface area contributed by atoms with Crippen molar-refractivity contribution in [3.8, 4) is 5.75 Å². The molecule has 0 bridgehead atoms. The lowest BCUT2D eigenvalue weighted by Crippen LogP contribution is -2.05. The van der Waals surface area contributed by atoms with Gasteiger partial charge in [-0.25, -0.2) is 0 Å². The average molecular weight is 231 g/mol. The van der Waals surface area contributed by atoms with Crippen LogP contribution in [0.4, 0.5) is 0 Å². The predicted octanol–water partition coefficient (Wildman–Crippen LogP) is 1.81. The fraction of sp³-hybridized carbons (Fsp3) is 0.308. The Morgan fingerprint density at radius 3 is 3.00 bits per heavy atom. The normalized spacial score (nSPS) is 10.4. The van der Waals surface area contributed by atoms with Crippen LogP contribution in [0.15, 0.2) is 42.7 Å². The van der Waals surface area contributed by atoms with Crippen LogP contribution in [0, 0.1) is 0 Å². The van der Waals surface area contributed by atoms with Crippen LogP contribution in [0.3, 0.4) is 0 Å². The van der Waals surface area contributed by atoms with E-state index in [1.807, 2.05) is 41.2 Å². The summed E-state index contributed by atoms with van der Waals surface area (Å²) in [7, 11) is 0. The highest BCUT2D eigenvalue weighted by atomic mass is 16.5. The Kier molecular flexibility index (Phi) is 4.16. The fourth-order valence-corrected chi connectivity index (χ4v) is 1.61. The molecular weight excluding hydrogens is 214 g/mol. The summed E-state index contributed by atoms with van der Waals surface area (Å²) in [5, 5.41) is 4.13. The van der Waals surface area contributed by atoms with Gasteiger partial charge in [-0.3, -0.25) is 4.68 Å². The maximum absolute atomic E-state index is 5.65. The number of hydrogen-bond acceptors (Lipinski definition) is 3. The van der Waals surface area contributed by atoms with E-state index in [9.17, 15) is 0 Å². The first kappa shape index (κ1) is 11.7. The molecule has 2 N–H and O–H groups in total. The number of hydrogen-bond donors (Lipinski definition) is 1. The number of rotatable bonds is 6. The first-order valence-corrected chi connectivity index (χ1v) is 5.78. The van der Waals surface area contributed by atoms with Gasteiger partial charge >= 0.3 is 0 Å². The smallest absolute Gasteiger partial charge is 0.119 e.